The first-order chi connectivity index (χ1) is 13.2. The molecule has 130 valence electrons. The fourth-order valence-electron chi connectivity index (χ4n) is 3.57. The summed E-state index contributed by atoms with van der Waals surface area (Å²) in [5.74, 6) is -0.545. The average molecular weight is 353 g/mol. The van der Waals surface area contributed by atoms with Gasteiger partial charge in [-0.15, -0.1) is 0 Å². The monoisotopic (exact) mass is 353 g/mol. The fourth-order valence-corrected chi connectivity index (χ4v) is 3.57. The van der Waals surface area contributed by atoms with E-state index in [-0.39, 0.29) is 18.5 Å². The van der Waals surface area contributed by atoms with Crippen molar-refractivity contribution in [1.29, 1.82) is 0 Å². The molecular weight excluding hydrogens is 338 g/mol. The Balaban J connectivity index is 1.56. The summed E-state index contributed by atoms with van der Waals surface area (Å²) < 4.78 is 0. The normalized spacial score (nSPS) is 13.4. The van der Waals surface area contributed by atoms with Gasteiger partial charge in [-0.05, 0) is 24.3 Å². The summed E-state index contributed by atoms with van der Waals surface area (Å²) in [5.41, 5.74) is 3.50. The van der Waals surface area contributed by atoms with Crippen LogP contribution < -0.4 is 5.32 Å². The van der Waals surface area contributed by atoms with Crippen molar-refractivity contribution >= 4 is 39.3 Å². The van der Waals surface area contributed by atoms with Crippen LogP contribution in [-0.4, -0.2) is 28.4 Å². The molecule has 0 spiro atoms. The van der Waals surface area contributed by atoms with Crippen LogP contribution in [-0.2, 0) is 0 Å². The largest absolute Gasteiger partial charge is 0.366 e. The molecule has 1 N–H and O–H groups in total. The van der Waals surface area contributed by atoms with Crippen LogP contribution in [0.3, 0.4) is 0 Å². The smallest absolute Gasteiger partial charge is 0.263 e. The maximum Gasteiger partial charge on any atom is 0.263 e. The third-order valence-corrected chi connectivity index (χ3v) is 4.88. The van der Waals surface area contributed by atoms with Gasteiger partial charge in [-0.1, -0.05) is 48.5 Å². The lowest BCUT2D eigenvalue weighted by atomic mass is 10.1. The van der Waals surface area contributed by atoms with Crippen molar-refractivity contribution in [3.63, 3.8) is 0 Å². The van der Waals surface area contributed by atoms with E-state index in [1.807, 2.05) is 48.5 Å². The zero-order valence-corrected chi connectivity index (χ0v) is 14.3. The Morgan fingerprint density at radius 1 is 0.704 bits per heavy atom. The van der Waals surface area contributed by atoms with Crippen LogP contribution in [0.25, 0.3) is 21.8 Å². The number of imide groups is 1. The molecular formula is C22H15N3O2. The molecule has 0 radical (unpaired) electrons. The highest BCUT2D eigenvalue weighted by Crippen LogP contribution is 2.31. The topological polar surface area (TPSA) is 62.3 Å². The number of aromatic nitrogens is 1. The lowest BCUT2D eigenvalue weighted by Crippen LogP contribution is -2.34. The second-order valence-corrected chi connectivity index (χ2v) is 6.44. The first-order valence-corrected chi connectivity index (χ1v) is 8.70. The number of nitrogens with zero attached hydrogens (tertiary/aromatic N) is 2. The van der Waals surface area contributed by atoms with Crippen LogP contribution in [0.4, 0.5) is 5.69 Å². The van der Waals surface area contributed by atoms with Crippen LogP contribution in [0.15, 0.2) is 72.8 Å². The Labute approximate surface area is 155 Å². The summed E-state index contributed by atoms with van der Waals surface area (Å²) >= 11 is 0. The van der Waals surface area contributed by atoms with Crippen LogP contribution in [0.1, 0.15) is 20.7 Å². The summed E-state index contributed by atoms with van der Waals surface area (Å²) in [7, 11) is 0. The van der Waals surface area contributed by atoms with Gasteiger partial charge in [-0.3, -0.25) is 14.5 Å². The Bertz CT molecular complexity index is 1140. The molecule has 2 amide bonds. The molecule has 0 fully saturated rings. The number of anilines is 1. The van der Waals surface area contributed by atoms with E-state index in [2.05, 4.69) is 5.32 Å². The molecule has 2 heterocycles. The number of nitrogens with one attached hydrogen (secondary N) is 1. The summed E-state index contributed by atoms with van der Waals surface area (Å²) in [6, 6.07) is 22.6. The van der Waals surface area contributed by atoms with Gasteiger partial charge in [-0.2, -0.15) is 0 Å². The summed E-state index contributed by atoms with van der Waals surface area (Å²) in [4.78, 5) is 31.2. The number of benzene rings is 3. The molecule has 0 saturated heterocycles. The Morgan fingerprint density at radius 2 is 1.19 bits per heavy atom. The van der Waals surface area contributed by atoms with Crippen LogP contribution >= 0.6 is 0 Å². The third-order valence-electron chi connectivity index (χ3n) is 4.88. The maximum absolute atomic E-state index is 12.6. The molecule has 3 aromatic carbocycles. The minimum atomic E-state index is -0.272. The number of hydrogen-bond donors (Lipinski definition) is 1. The first-order valence-electron chi connectivity index (χ1n) is 8.70. The first kappa shape index (κ1) is 15.5. The van der Waals surface area contributed by atoms with Gasteiger partial charge in [-0.25, -0.2) is 4.98 Å². The van der Waals surface area contributed by atoms with E-state index in [9.17, 15) is 9.59 Å². The van der Waals surface area contributed by atoms with E-state index in [1.54, 1.807) is 24.3 Å². The van der Waals surface area contributed by atoms with Crippen molar-refractivity contribution in [3.05, 3.63) is 83.9 Å². The van der Waals surface area contributed by atoms with E-state index in [0.717, 1.165) is 27.5 Å². The van der Waals surface area contributed by atoms with E-state index >= 15 is 0 Å². The second-order valence-electron chi connectivity index (χ2n) is 6.44. The van der Waals surface area contributed by atoms with E-state index in [0.29, 0.717) is 11.1 Å². The predicted octanol–water partition coefficient (Wildman–Crippen LogP) is 4.05. The number of rotatable bonds is 3. The van der Waals surface area contributed by atoms with Gasteiger partial charge in [0, 0.05) is 10.8 Å². The third kappa shape index (κ3) is 2.36. The zero-order chi connectivity index (χ0) is 18.4. The Kier molecular flexibility index (Phi) is 3.40. The minimum absolute atomic E-state index is 0.102. The molecule has 0 bridgehead atoms. The Hall–Kier alpha value is -3.73. The van der Waals surface area contributed by atoms with Gasteiger partial charge >= 0.3 is 0 Å². The van der Waals surface area contributed by atoms with Crippen molar-refractivity contribution in [2.24, 2.45) is 0 Å². The molecule has 0 saturated carbocycles. The van der Waals surface area contributed by atoms with Crippen LogP contribution in [0.5, 0.6) is 0 Å². The van der Waals surface area contributed by atoms with Gasteiger partial charge < -0.3 is 5.32 Å². The fraction of sp³-hybridized carbons (Fsp3) is 0.0455. The quantitative estimate of drug-likeness (QED) is 0.446. The predicted molar refractivity (Wildman–Crippen MR) is 105 cm³/mol. The minimum Gasteiger partial charge on any atom is -0.366 e. The van der Waals surface area contributed by atoms with Crippen molar-refractivity contribution in [3.8, 4) is 0 Å². The molecule has 0 unspecified atom stereocenters. The molecule has 1 aromatic heterocycles. The number of carbonyl (C=O) groups is 2. The number of amides is 2. The number of pyridine rings is 1. The van der Waals surface area contributed by atoms with Crippen molar-refractivity contribution in [1.82, 2.24) is 9.88 Å². The van der Waals surface area contributed by atoms with Crippen LogP contribution in [0, 0.1) is 0 Å². The highest BCUT2D eigenvalue weighted by molar-refractivity contribution is 6.21. The summed E-state index contributed by atoms with van der Waals surface area (Å²) in [5, 5.41) is 5.22. The standard InChI is InChI=1S/C22H15N3O2/c26-21-14-7-1-2-8-15(14)22(27)25(21)13-23-20-16-9-3-5-11-18(16)24-19-12-6-4-10-17(19)20/h1-12H,13H2,(H,23,24). The average Bonchev–Trinajstić information content (AvgIpc) is 2.96. The number of fused-ring (bicyclic) bond motifs is 3. The molecule has 1 aliphatic rings. The van der Waals surface area contributed by atoms with Crippen molar-refractivity contribution in [2.75, 3.05) is 12.0 Å². The lowest BCUT2D eigenvalue weighted by molar-refractivity contribution is 0.0666. The molecule has 5 rings (SSSR count). The molecule has 5 heteroatoms. The van der Waals surface area contributed by atoms with E-state index in [1.165, 1.54) is 4.90 Å². The van der Waals surface area contributed by atoms with Gasteiger partial charge in [0.2, 0.25) is 0 Å². The van der Waals surface area contributed by atoms with Crippen molar-refractivity contribution < 1.29 is 9.59 Å². The number of para-hydroxylation sites is 2. The molecule has 27 heavy (non-hydrogen) atoms. The van der Waals surface area contributed by atoms with Gasteiger partial charge in [0.1, 0.15) is 0 Å². The van der Waals surface area contributed by atoms with E-state index < -0.39 is 0 Å². The highest BCUT2D eigenvalue weighted by atomic mass is 16.2. The molecule has 1 aliphatic heterocycles. The summed E-state index contributed by atoms with van der Waals surface area (Å²) in [6.45, 7) is 0.102. The second kappa shape index (κ2) is 5.92. The number of carbonyl (C=O) groups excluding carboxylic acids is 2. The summed E-state index contributed by atoms with van der Waals surface area (Å²) in [6.07, 6.45) is 0. The Morgan fingerprint density at radius 3 is 1.74 bits per heavy atom. The van der Waals surface area contributed by atoms with E-state index in [4.69, 9.17) is 4.98 Å². The molecule has 0 aliphatic carbocycles. The molecule has 5 nitrogen and oxygen atoms in total. The van der Waals surface area contributed by atoms with Gasteiger partial charge in [0.05, 0.1) is 34.5 Å². The maximum atomic E-state index is 12.6. The molecule has 4 aromatic rings. The van der Waals surface area contributed by atoms with Gasteiger partial charge in [0.15, 0.2) is 0 Å². The SMILES string of the molecule is O=C1c2ccccc2C(=O)N1CNc1c2ccccc2nc2ccccc12. The molecule has 0 atom stereocenters. The van der Waals surface area contributed by atoms with Crippen LogP contribution in [0.2, 0.25) is 0 Å². The highest BCUT2D eigenvalue weighted by Gasteiger charge is 2.34. The van der Waals surface area contributed by atoms with Crippen molar-refractivity contribution in [2.45, 2.75) is 0 Å². The zero-order valence-electron chi connectivity index (χ0n) is 14.3. The van der Waals surface area contributed by atoms with Gasteiger partial charge in [0.25, 0.3) is 11.8 Å². The lowest BCUT2D eigenvalue weighted by Gasteiger charge is -2.18. The number of hydrogen-bond acceptors (Lipinski definition) is 4.